The number of ether oxygens (including phenoxy) is 4. The predicted octanol–water partition coefficient (Wildman–Crippen LogP) is -0.107. The van der Waals surface area contributed by atoms with E-state index in [0.717, 1.165) is 0 Å². The SMILES string of the molecule is COC(=O)C1=COC2O[C@H]3C([C@H](C)O)C(=O)O[C@]34C=C[C@H]1C24. The Hall–Kier alpha value is -1.86. The Labute approximate surface area is 126 Å². The number of hydrogen-bond donors (Lipinski definition) is 1. The minimum Gasteiger partial charge on any atom is -0.471 e. The van der Waals surface area contributed by atoms with Gasteiger partial charge in [0, 0.05) is 5.92 Å². The first-order valence-corrected chi connectivity index (χ1v) is 7.19. The summed E-state index contributed by atoms with van der Waals surface area (Å²) in [6.45, 7) is 1.53. The third kappa shape index (κ3) is 1.47. The van der Waals surface area contributed by atoms with Gasteiger partial charge in [-0.05, 0) is 13.0 Å². The summed E-state index contributed by atoms with van der Waals surface area (Å²) in [5.74, 6) is -2.37. The molecule has 7 nitrogen and oxygen atoms in total. The van der Waals surface area contributed by atoms with Crippen LogP contribution < -0.4 is 0 Å². The van der Waals surface area contributed by atoms with Crippen molar-refractivity contribution in [2.45, 2.75) is 31.0 Å². The van der Waals surface area contributed by atoms with Crippen LogP contribution in [0.1, 0.15) is 6.92 Å². The Kier molecular flexibility index (Phi) is 2.71. The second-order valence-corrected chi connectivity index (χ2v) is 6.08. The van der Waals surface area contributed by atoms with Gasteiger partial charge in [-0.25, -0.2) is 4.79 Å². The number of methoxy groups -OCH3 is 1. The number of carbonyl (C=O) groups excluding carboxylic acids is 2. The van der Waals surface area contributed by atoms with Crippen molar-refractivity contribution in [3.8, 4) is 0 Å². The van der Waals surface area contributed by atoms with Crippen LogP contribution in [0.25, 0.3) is 0 Å². The molecular weight excluding hydrogens is 292 g/mol. The molecule has 22 heavy (non-hydrogen) atoms. The van der Waals surface area contributed by atoms with Crippen molar-refractivity contribution in [3.63, 3.8) is 0 Å². The number of esters is 2. The van der Waals surface area contributed by atoms with Crippen LogP contribution in [-0.2, 0) is 28.5 Å². The van der Waals surface area contributed by atoms with Gasteiger partial charge in [0.25, 0.3) is 0 Å². The van der Waals surface area contributed by atoms with Gasteiger partial charge in [-0.15, -0.1) is 0 Å². The van der Waals surface area contributed by atoms with Gasteiger partial charge >= 0.3 is 11.9 Å². The summed E-state index contributed by atoms with van der Waals surface area (Å²) >= 11 is 0. The molecule has 7 heteroatoms. The summed E-state index contributed by atoms with van der Waals surface area (Å²) in [6, 6.07) is 0. The quantitative estimate of drug-likeness (QED) is 0.562. The highest BCUT2D eigenvalue weighted by atomic mass is 16.7. The summed E-state index contributed by atoms with van der Waals surface area (Å²) in [4.78, 5) is 24.0. The highest BCUT2D eigenvalue weighted by Gasteiger charge is 2.72. The van der Waals surface area contributed by atoms with Gasteiger partial charge in [-0.1, -0.05) is 6.08 Å². The first-order chi connectivity index (χ1) is 10.5. The smallest absolute Gasteiger partial charge is 0.337 e. The minimum atomic E-state index is -0.985. The van der Waals surface area contributed by atoms with Gasteiger partial charge in [-0.3, -0.25) is 4.79 Å². The largest absolute Gasteiger partial charge is 0.471 e. The Bertz CT molecular complexity index is 607. The van der Waals surface area contributed by atoms with Crippen LogP contribution in [0.3, 0.4) is 0 Å². The molecule has 3 heterocycles. The molecular formula is C15H16O7. The minimum absolute atomic E-state index is 0.295. The Balaban J connectivity index is 1.74. The summed E-state index contributed by atoms with van der Waals surface area (Å²) in [7, 11) is 1.30. The molecule has 3 unspecified atom stereocenters. The second-order valence-electron chi connectivity index (χ2n) is 6.08. The summed E-state index contributed by atoms with van der Waals surface area (Å²) in [5.41, 5.74) is -0.612. The number of aliphatic hydroxyl groups excluding tert-OH is 1. The van der Waals surface area contributed by atoms with Crippen LogP contribution in [0.5, 0.6) is 0 Å². The van der Waals surface area contributed by atoms with E-state index in [-0.39, 0.29) is 11.8 Å². The van der Waals surface area contributed by atoms with Gasteiger partial charge in [0.1, 0.15) is 12.0 Å². The molecule has 0 radical (unpaired) electrons. The molecule has 1 spiro atoms. The average molecular weight is 308 g/mol. The maximum Gasteiger partial charge on any atom is 0.337 e. The van der Waals surface area contributed by atoms with Crippen LogP contribution in [0.4, 0.5) is 0 Å². The van der Waals surface area contributed by atoms with Gasteiger partial charge in [0.05, 0.1) is 31.0 Å². The van der Waals surface area contributed by atoms with E-state index in [2.05, 4.69) is 0 Å². The lowest BCUT2D eigenvalue weighted by Crippen LogP contribution is -2.44. The molecule has 0 bridgehead atoms. The van der Waals surface area contributed by atoms with Gasteiger partial charge in [-0.2, -0.15) is 0 Å². The van der Waals surface area contributed by atoms with E-state index in [1.54, 1.807) is 6.08 Å². The van der Waals surface area contributed by atoms with E-state index >= 15 is 0 Å². The van der Waals surface area contributed by atoms with Crippen molar-refractivity contribution in [2.75, 3.05) is 7.11 Å². The van der Waals surface area contributed by atoms with Crippen molar-refractivity contribution in [1.29, 1.82) is 0 Å². The van der Waals surface area contributed by atoms with E-state index in [1.807, 2.05) is 6.08 Å². The molecule has 0 saturated carbocycles. The third-order valence-electron chi connectivity index (χ3n) is 5.00. The molecule has 3 aliphatic heterocycles. The van der Waals surface area contributed by atoms with Crippen LogP contribution in [0.15, 0.2) is 24.0 Å². The Morgan fingerprint density at radius 1 is 1.50 bits per heavy atom. The first-order valence-electron chi connectivity index (χ1n) is 7.19. The fraction of sp³-hybridized carbons (Fsp3) is 0.600. The number of aliphatic hydroxyl groups is 1. The Morgan fingerprint density at radius 2 is 2.27 bits per heavy atom. The molecule has 0 aromatic rings. The van der Waals surface area contributed by atoms with Crippen molar-refractivity contribution in [3.05, 3.63) is 24.0 Å². The van der Waals surface area contributed by atoms with E-state index in [9.17, 15) is 14.7 Å². The Morgan fingerprint density at radius 3 is 2.95 bits per heavy atom. The lowest BCUT2D eigenvalue weighted by atomic mass is 9.77. The monoisotopic (exact) mass is 308 g/mol. The number of carbonyl (C=O) groups is 2. The van der Waals surface area contributed by atoms with Crippen LogP contribution in [0, 0.1) is 17.8 Å². The summed E-state index contributed by atoms with van der Waals surface area (Å²) < 4.78 is 21.7. The summed E-state index contributed by atoms with van der Waals surface area (Å²) in [6.07, 6.45) is 2.81. The predicted molar refractivity (Wildman–Crippen MR) is 70.0 cm³/mol. The molecule has 1 aliphatic carbocycles. The lowest BCUT2D eigenvalue weighted by molar-refractivity contribution is -0.166. The number of allylic oxidation sites excluding steroid dienone is 1. The van der Waals surface area contributed by atoms with E-state index in [4.69, 9.17) is 18.9 Å². The van der Waals surface area contributed by atoms with Gasteiger partial charge in [0.2, 0.25) is 6.29 Å². The standard InChI is InChI=1S/C15H16O7/c1-6(16)9-11-15(22-13(9)18)4-3-7-8(12(17)19-2)5-20-14(21-11)10(7)15/h3-7,9-11,14,16H,1-2H3/t6-,7+,9?,10?,11-,14?,15-/m0/s1. The number of rotatable bonds is 2. The summed E-state index contributed by atoms with van der Waals surface area (Å²) in [5, 5.41) is 9.87. The van der Waals surface area contributed by atoms with E-state index in [0.29, 0.717) is 5.57 Å². The highest BCUT2D eigenvalue weighted by molar-refractivity contribution is 5.90. The zero-order valence-electron chi connectivity index (χ0n) is 12.1. The normalized spacial score (nSPS) is 45.5. The van der Waals surface area contributed by atoms with Crippen LogP contribution in [-0.4, -0.2) is 48.3 Å². The van der Waals surface area contributed by atoms with Crippen molar-refractivity contribution in [1.82, 2.24) is 0 Å². The topological polar surface area (TPSA) is 91.3 Å². The maximum absolute atomic E-state index is 12.1. The number of hydrogen-bond acceptors (Lipinski definition) is 7. The zero-order valence-corrected chi connectivity index (χ0v) is 12.1. The second kappa shape index (κ2) is 4.33. The lowest BCUT2D eigenvalue weighted by Gasteiger charge is -2.32. The van der Waals surface area contributed by atoms with E-state index in [1.165, 1.54) is 20.3 Å². The molecule has 2 fully saturated rings. The average Bonchev–Trinajstić information content (AvgIpc) is 3.07. The molecule has 7 atom stereocenters. The first kappa shape index (κ1) is 13.8. The molecule has 0 amide bonds. The molecule has 0 aromatic heterocycles. The van der Waals surface area contributed by atoms with Crippen LogP contribution >= 0.6 is 0 Å². The van der Waals surface area contributed by atoms with Crippen molar-refractivity contribution in [2.24, 2.45) is 17.8 Å². The third-order valence-corrected chi connectivity index (χ3v) is 5.00. The zero-order chi connectivity index (χ0) is 15.6. The molecule has 4 rings (SSSR count). The van der Waals surface area contributed by atoms with Gasteiger partial charge < -0.3 is 24.1 Å². The highest BCUT2D eigenvalue weighted by Crippen LogP contribution is 2.58. The van der Waals surface area contributed by atoms with Crippen molar-refractivity contribution >= 4 is 11.9 Å². The molecule has 2 saturated heterocycles. The fourth-order valence-electron chi connectivity index (χ4n) is 4.04. The van der Waals surface area contributed by atoms with E-state index < -0.39 is 42.0 Å². The van der Waals surface area contributed by atoms with Crippen LogP contribution in [0.2, 0.25) is 0 Å². The molecule has 4 aliphatic rings. The fourth-order valence-corrected chi connectivity index (χ4v) is 4.04. The van der Waals surface area contributed by atoms with Gasteiger partial charge in [0.15, 0.2) is 5.60 Å². The molecule has 118 valence electrons. The maximum atomic E-state index is 12.1. The van der Waals surface area contributed by atoms with Crippen molar-refractivity contribution < 1.29 is 33.6 Å². The molecule has 0 aromatic carbocycles. The molecule has 1 N–H and O–H groups in total.